The molecule has 54 heavy (non-hydrogen) atoms. The van der Waals surface area contributed by atoms with E-state index in [4.69, 9.17) is 15.2 Å². The topological polar surface area (TPSA) is 187 Å². The van der Waals surface area contributed by atoms with Gasteiger partial charge in [-0.2, -0.15) is 0 Å². The minimum atomic E-state index is -3.35. The maximum atomic E-state index is 14.3. The van der Waals surface area contributed by atoms with Crippen molar-refractivity contribution in [2.75, 3.05) is 26.0 Å². The van der Waals surface area contributed by atoms with E-state index < -0.39 is 55.7 Å². The van der Waals surface area contributed by atoms with E-state index in [1.807, 2.05) is 52.0 Å². The third-order valence-electron chi connectivity index (χ3n) is 9.09. The number of aryl methyl sites for hydroxylation is 1. The predicted octanol–water partition coefficient (Wildman–Crippen LogP) is 5.94. The van der Waals surface area contributed by atoms with Gasteiger partial charge in [-0.05, 0) is 60.6 Å². The zero-order chi connectivity index (χ0) is 39.9. The van der Waals surface area contributed by atoms with Gasteiger partial charge in [0.15, 0.2) is 8.87 Å². The lowest BCUT2D eigenvalue weighted by molar-refractivity contribution is -0.144. The molecule has 0 unspecified atom stereocenters. The van der Waals surface area contributed by atoms with E-state index in [0.717, 1.165) is 73.0 Å². The first-order valence-corrected chi connectivity index (χ1v) is 22.9. The Morgan fingerprint density at radius 2 is 1.67 bits per heavy atom. The molecule has 0 saturated carbocycles. The molecule has 16 heteroatoms. The third-order valence-corrected chi connectivity index (χ3v) is 12.9. The molecule has 1 aromatic heterocycles. The lowest BCUT2D eigenvalue weighted by atomic mass is 9.85. The van der Waals surface area contributed by atoms with Gasteiger partial charge in [-0.1, -0.05) is 83.6 Å². The number of rotatable bonds is 21. The number of aromatic nitrogens is 1. The number of thiazole rings is 1. The number of hydrogen-bond donors (Lipinski definition) is 3. The first-order valence-electron chi connectivity index (χ1n) is 18.8. The van der Waals surface area contributed by atoms with Crippen LogP contribution in [0.2, 0.25) is 0 Å². The van der Waals surface area contributed by atoms with Crippen LogP contribution >= 0.6 is 22.1 Å². The fourth-order valence-electron chi connectivity index (χ4n) is 6.25. The van der Waals surface area contributed by atoms with Crippen LogP contribution in [0, 0.1) is 12.3 Å². The van der Waals surface area contributed by atoms with Gasteiger partial charge in [-0.3, -0.25) is 14.4 Å². The Balaban J connectivity index is 1.67. The molecule has 1 saturated heterocycles. The molecule has 302 valence electrons. The van der Waals surface area contributed by atoms with Gasteiger partial charge in [-0.15, -0.1) is 11.3 Å². The molecule has 1 aromatic carbocycles. The number of unbranched alkanes of at least 4 members (excludes halogenated alkanes) is 7. The van der Waals surface area contributed by atoms with Crippen LogP contribution in [0.1, 0.15) is 103 Å². The lowest BCUT2D eigenvalue weighted by Gasteiger charge is -2.35. The normalized spacial score (nSPS) is 17.1. The number of ether oxygens (including phenoxy) is 2. The van der Waals surface area contributed by atoms with Crippen LogP contribution in [-0.2, 0) is 39.3 Å². The van der Waals surface area contributed by atoms with E-state index in [9.17, 15) is 27.6 Å². The maximum absolute atomic E-state index is 14.3. The Bertz CT molecular complexity index is 1630. The zero-order valence-corrected chi connectivity index (χ0v) is 35.0. The highest BCUT2D eigenvalue weighted by atomic mass is 33.1. The lowest BCUT2D eigenvalue weighted by Crippen LogP contribution is -2.57. The van der Waals surface area contributed by atoms with Crippen molar-refractivity contribution in [2.24, 2.45) is 11.1 Å². The van der Waals surface area contributed by atoms with Crippen molar-refractivity contribution >= 4 is 54.9 Å². The summed E-state index contributed by atoms with van der Waals surface area (Å²) in [6, 6.07) is 5.86. The Morgan fingerprint density at radius 1 is 1.04 bits per heavy atom. The van der Waals surface area contributed by atoms with Gasteiger partial charge in [0.1, 0.15) is 24.8 Å². The first kappa shape index (κ1) is 45.2. The molecule has 2 aromatic rings. The van der Waals surface area contributed by atoms with E-state index in [1.54, 1.807) is 23.8 Å². The second-order valence-electron chi connectivity index (χ2n) is 15.1. The molecule has 1 aliphatic heterocycles. The Labute approximate surface area is 328 Å². The summed E-state index contributed by atoms with van der Waals surface area (Å²) in [6.07, 6.45) is 7.76. The second-order valence-corrected chi connectivity index (χ2v) is 20.7. The summed E-state index contributed by atoms with van der Waals surface area (Å²) in [5, 5.41) is 5.35. The Morgan fingerprint density at radius 3 is 2.24 bits per heavy atom. The summed E-state index contributed by atoms with van der Waals surface area (Å²) in [6.45, 7) is 9.75. The standard InChI is InChI=1S/C38H59N5O8S3/c1-26(53-54(6,48)49)24-50-37(47)51-30-21-31(35(45)40-22-28-16-18-29(19-17-28)33-27(2)41-25-52-33)43(23-30)36(46)34(38(3,4)5)42-32(44)15-13-11-9-7-8-10-12-14-20-39/h16-19,25-26,30-31,34H,7-15,20-24,39H2,1-6H3,(H,40,45)(H,42,44)/t26-,30-,31+,34-/m1/s1. The van der Waals surface area contributed by atoms with Gasteiger partial charge in [0, 0.05) is 25.6 Å². The van der Waals surface area contributed by atoms with Crippen molar-refractivity contribution in [1.82, 2.24) is 20.5 Å². The number of benzene rings is 1. The fraction of sp³-hybridized carbons (Fsp3) is 0.658. The van der Waals surface area contributed by atoms with E-state index in [-0.39, 0.29) is 38.4 Å². The molecule has 3 amide bonds. The fourth-order valence-corrected chi connectivity index (χ4v) is 9.74. The van der Waals surface area contributed by atoms with Gasteiger partial charge in [0.2, 0.25) is 17.7 Å². The summed E-state index contributed by atoms with van der Waals surface area (Å²) in [5.74, 6) is -1.11. The molecule has 0 spiro atoms. The minimum absolute atomic E-state index is 0.0148. The van der Waals surface area contributed by atoms with Gasteiger partial charge < -0.3 is 30.7 Å². The molecule has 2 heterocycles. The summed E-state index contributed by atoms with van der Waals surface area (Å²) in [7, 11) is -2.68. The summed E-state index contributed by atoms with van der Waals surface area (Å²) in [4.78, 5) is 60.6. The highest BCUT2D eigenvalue weighted by Crippen LogP contribution is 2.29. The molecule has 1 aliphatic rings. The predicted molar refractivity (Wildman–Crippen MR) is 214 cm³/mol. The SMILES string of the molecule is Cc1ncsc1-c1ccc(CNC(=O)[C@@H]2C[C@@H](OC(=O)OC[C@@H](C)SS(C)(=O)=O)CN2C(=O)[C@@H](NC(=O)CCCCCCCCCCN)C(C)(C)C)cc1. The molecule has 4 atom stereocenters. The number of nitrogens with two attached hydrogens (primary N) is 1. The molecular formula is C38H59N5O8S3. The van der Waals surface area contributed by atoms with E-state index in [0.29, 0.717) is 17.2 Å². The molecule has 0 radical (unpaired) electrons. The van der Waals surface area contributed by atoms with Crippen molar-refractivity contribution in [3.05, 3.63) is 41.0 Å². The van der Waals surface area contributed by atoms with Crippen LogP contribution in [0.4, 0.5) is 4.79 Å². The average Bonchev–Trinajstić information content (AvgIpc) is 3.72. The van der Waals surface area contributed by atoms with Crippen molar-refractivity contribution in [1.29, 1.82) is 0 Å². The Kier molecular flexibility index (Phi) is 18.2. The van der Waals surface area contributed by atoms with Crippen molar-refractivity contribution < 1.29 is 37.1 Å². The monoisotopic (exact) mass is 809 g/mol. The van der Waals surface area contributed by atoms with Gasteiger partial charge in [0.05, 0.1) is 27.9 Å². The number of carbonyl (C=O) groups is 4. The number of nitrogens with zero attached hydrogens (tertiary/aromatic N) is 2. The van der Waals surface area contributed by atoms with Crippen LogP contribution < -0.4 is 16.4 Å². The summed E-state index contributed by atoms with van der Waals surface area (Å²) >= 11 is 1.56. The van der Waals surface area contributed by atoms with Gasteiger partial charge >= 0.3 is 6.16 Å². The summed E-state index contributed by atoms with van der Waals surface area (Å²) in [5.41, 5.74) is 9.49. The van der Waals surface area contributed by atoms with E-state index in [1.165, 1.54) is 11.3 Å². The maximum Gasteiger partial charge on any atom is 0.508 e. The highest BCUT2D eigenvalue weighted by molar-refractivity contribution is 8.72. The van der Waals surface area contributed by atoms with E-state index in [2.05, 4.69) is 15.6 Å². The van der Waals surface area contributed by atoms with Gasteiger partial charge in [0.25, 0.3) is 0 Å². The van der Waals surface area contributed by atoms with Crippen molar-refractivity contribution in [2.45, 2.75) is 129 Å². The van der Waals surface area contributed by atoms with Crippen LogP contribution in [0.3, 0.4) is 0 Å². The Hall–Kier alpha value is -3.21. The summed E-state index contributed by atoms with van der Waals surface area (Å²) < 4.78 is 33.9. The first-order chi connectivity index (χ1) is 25.5. The number of likely N-dealkylation sites (tertiary alicyclic amines) is 1. The van der Waals surface area contributed by atoms with E-state index >= 15 is 0 Å². The molecule has 1 fully saturated rings. The second kappa shape index (κ2) is 21.8. The largest absolute Gasteiger partial charge is 0.508 e. The number of nitrogens with one attached hydrogen (secondary N) is 2. The van der Waals surface area contributed by atoms with Crippen molar-refractivity contribution in [3.8, 4) is 10.4 Å². The molecule has 0 bridgehead atoms. The van der Waals surface area contributed by atoms with Crippen LogP contribution in [0.5, 0.6) is 0 Å². The average molecular weight is 810 g/mol. The van der Waals surface area contributed by atoms with Crippen molar-refractivity contribution in [3.63, 3.8) is 0 Å². The number of amides is 3. The highest BCUT2D eigenvalue weighted by Gasteiger charge is 2.46. The quantitative estimate of drug-likeness (QED) is 0.0770. The smallest absolute Gasteiger partial charge is 0.433 e. The van der Waals surface area contributed by atoms with Crippen LogP contribution in [-0.4, -0.2) is 91.6 Å². The van der Waals surface area contributed by atoms with Crippen LogP contribution in [0.25, 0.3) is 10.4 Å². The molecule has 0 aliphatic carbocycles. The molecular weight excluding hydrogens is 751 g/mol. The third kappa shape index (κ3) is 15.5. The molecule has 3 rings (SSSR count). The number of carbonyl (C=O) groups excluding carboxylic acids is 4. The molecule has 13 nitrogen and oxygen atoms in total. The van der Waals surface area contributed by atoms with Crippen LogP contribution in [0.15, 0.2) is 29.8 Å². The minimum Gasteiger partial charge on any atom is -0.433 e. The zero-order valence-electron chi connectivity index (χ0n) is 32.6. The van der Waals surface area contributed by atoms with Gasteiger partial charge in [-0.25, -0.2) is 18.2 Å². The number of hydrogen-bond acceptors (Lipinski definition) is 12. The molecule has 4 N–H and O–H groups in total.